The van der Waals surface area contributed by atoms with E-state index in [1.54, 1.807) is 37.0 Å². The average Bonchev–Trinajstić information content (AvgIpc) is 3.12. The summed E-state index contributed by atoms with van der Waals surface area (Å²) in [7, 11) is 0. The minimum absolute atomic E-state index is 0.134. The normalized spacial score (nSPS) is 15.4. The SMILES string of the molecule is C/C=c1/oc(=O)[nH]/c1=C/C=C(\C)NC(C)=O.O=CN1CCN(c2ccc(Cl)cc2)CC1. The molecule has 0 atom stereocenters. The number of oxazole rings is 1. The first-order chi connectivity index (χ1) is 14.8. The molecule has 3 rings (SSSR count). The van der Waals surface area contributed by atoms with E-state index in [4.69, 9.17) is 16.0 Å². The molecule has 1 saturated heterocycles. The number of carbonyl (C=O) groups is 2. The molecule has 2 N–H and O–H groups in total. The van der Waals surface area contributed by atoms with Gasteiger partial charge in [0.05, 0.1) is 5.35 Å². The van der Waals surface area contributed by atoms with E-state index in [9.17, 15) is 14.4 Å². The summed E-state index contributed by atoms with van der Waals surface area (Å²) in [4.78, 5) is 38.8. The van der Waals surface area contributed by atoms with Crippen LogP contribution in [-0.4, -0.2) is 48.4 Å². The Labute approximate surface area is 185 Å². The fourth-order valence-electron chi connectivity index (χ4n) is 2.96. The summed E-state index contributed by atoms with van der Waals surface area (Å²) in [5.74, 6) is -0.630. The van der Waals surface area contributed by atoms with Gasteiger partial charge in [0.15, 0.2) is 5.42 Å². The third-order valence-corrected chi connectivity index (χ3v) is 4.75. The van der Waals surface area contributed by atoms with E-state index >= 15 is 0 Å². The summed E-state index contributed by atoms with van der Waals surface area (Å²) in [6, 6.07) is 7.81. The fourth-order valence-corrected chi connectivity index (χ4v) is 3.08. The minimum atomic E-state index is -0.495. The molecule has 166 valence electrons. The third-order valence-electron chi connectivity index (χ3n) is 4.50. The molecular formula is C22H27ClN4O4. The molecule has 1 aliphatic rings. The summed E-state index contributed by atoms with van der Waals surface area (Å²) >= 11 is 5.82. The van der Waals surface area contributed by atoms with Gasteiger partial charge in [-0.05, 0) is 56.3 Å². The first-order valence-corrected chi connectivity index (χ1v) is 10.2. The van der Waals surface area contributed by atoms with Crippen LogP contribution in [0.5, 0.6) is 0 Å². The highest BCUT2D eigenvalue weighted by Gasteiger charge is 2.15. The van der Waals surface area contributed by atoms with Gasteiger partial charge in [-0.2, -0.15) is 0 Å². The molecule has 1 aliphatic heterocycles. The molecule has 0 bridgehead atoms. The molecule has 0 spiro atoms. The van der Waals surface area contributed by atoms with Crippen molar-refractivity contribution in [2.45, 2.75) is 20.8 Å². The zero-order valence-corrected chi connectivity index (χ0v) is 18.6. The van der Waals surface area contributed by atoms with Crippen molar-refractivity contribution in [1.82, 2.24) is 15.2 Å². The lowest BCUT2D eigenvalue weighted by Crippen LogP contribution is -2.45. The number of nitrogens with zero attached hydrogens (tertiary/aromatic N) is 2. The second-order valence-corrected chi connectivity index (χ2v) is 7.32. The van der Waals surface area contributed by atoms with Crippen molar-refractivity contribution in [1.29, 1.82) is 0 Å². The van der Waals surface area contributed by atoms with Crippen LogP contribution >= 0.6 is 11.6 Å². The number of aromatic amines is 1. The van der Waals surface area contributed by atoms with Gasteiger partial charge in [-0.25, -0.2) is 4.79 Å². The number of allylic oxidation sites excluding steroid dienone is 2. The second kappa shape index (κ2) is 11.8. The van der Waals surface area contributed by atoms with Crippen molar-refractivity contribution in [2.24, 2.45) is 0 Å². The van der Waals surface area contributed by atoms with E-state index in [1.165, 1.54) is 12.6 Å². The molecule has 2 aromatic rings. The maximum Gasteiger partial charge on any atom is 0.417 e. The van der Waals surface area contributed by atoms with Crippen LogP contribution in [0.25, 0.3) is 12.2 Å². The van der Waals surface area contributed by atoms with Crippen molar-refractivity contribution in [3.63, 3.8) is 0 Å². The van der Waals surface area contributed by atoms with Gasteiger partial charge in [-0.1, -0.05) is 11.6 Å². The first-order valence-electron chi connectivity index (χ1n) is 9.84. The van der Waals surface area contributed by atoms with Gasteiger partial charge < -0.3 is 19.5 Å². The minimum Gasteiger partial charge on any atom is -0.408 e. The summed E-state index contributed by atoms with van der Waals surface area (Å²) in [6.45, 7) is 8.33. The standard InChI is InChI=1S/C11H13ClN2O.C11H14N2O3/c12-10-1-3-11(4-2-10)14-7-5-13(9-15)6-8-14;1-4-10-9(13-11(15)16-10)6-5-7(2)12-8(3)14/h1-4,9H,5-8H2;4-6H,1-3H3,(H,12,14)(H,13,15)/b;7-5+,9-6+,10-4+. The van der Waals surface area contributed by atoms with Gasteiger partial charge in [-0.15, -0.1) is 0 Å². The highest BCUT2D eigenvalue weighted by molar-refractivity contribution is 6.30. The predicted octanol–water partition coefficient (Wildman–Crippen LogP) is 1.21. The van der Waals surface area contributed by atoms with Crippen LogP contribution in [0.4, 0.5) is 5.69 Å². The van der Waals surface area contributed by atoms with E-state index in [1.807, 2.05) is 24.3 Å². The molecule has 31 heavy (non-hydrogen) atoms. The van der Waals surface area contributed by atoms with E-state index in [2.05, 4.69) is 15.2 Å². The summed E-state index contributed by atoms with van der Waals surface area (Å²) in [5, 5.41) is 3.95. The number of piperazine rings is 1. The summed E-state index contributed by atoms with van der Waals surface area (Å²) in [5.41, 5.74) is 2.35. The molecule has 1 aromatic carbocycles. The Bertz CT molecular complexity index is 1080. The number of nitrogens with one attached hydrogen (secondary N) is 2. The largest absolute Gasteiger partial charge is 0.417 e. The Morgan fingerprint density at radius 3 is 2.35 bits per heavy atom. The smallest absolute Gasteiger partial charge is 0.408 e. The number of rotatable bonds is 4. The van der Waals surface area contributed by atoms with Gasteiger partial charge in [0, 0.05) is 49.5 Å². The highest BCUT2D eigenvalue weighted by atomic mass is 35.5. The van der Waals surface area contributed by atoms with Crippen molar-refractivity contribution < 1.29 is 14.0 Å². The lowest BCUT2D eigenvalue weighted by Gasteiger charge is -2.34. The Kier molecular flexibility index (Phi) is 9.14. The Balaban J connectivity index is 0.000000220. The molecule has 0 aliphatic carbocycles. The average molecular weight is 447 g/mol. The van der Waals surface area contributed by atoms with Crippen molar-refractivity contribution in [2.75, 3.05) is 31.1 Å². The Morgan fingerprint density at radius 1 is 1.16 bits per heavy atom. The molecule has 0 radical (unpaired) electrons. The second-order valence-electron chi connectivity index (χ2n) is 6.88. The molecule has 1 aromatic heterocycles. The number of hydrogen-bond donors (Lipinski definition) is 2. The zero-order valence-electron chi connectivity index (χ0n) is 17.9. The lowest BCUT2D eigenvalue weighted by atomic mass is 10.2. The van der Waals surface area contributed by atoms with Crippen LogP contribution in [0.15, 0.2) is 45.3 Å². The van der Waals surface area contributed by atoms with Crippen molar-refractivity contribution in [3.05, 3.63) is 62.4 Å². The van der Waals surface area contributed by atoms with Crippen LogP contribution < -0.4 is 26.7 Å². The van der Waals surface area contributed by atoms with E-state index in [0.717, 1.165) is 37.6 Å². The number of halogens is 1. The molecular weight excluding hydrogens is 420 g/mol. The van der Waals surface area contributed by atoms with Crippen LogP contribution in [-0.2, 0) is 9.59 Å². The predicted molar refractivity (Wildman–Crippen MR) is 122 cm³/mol. The number of H-pyrrole nitrogens is 1. The number of anilines is 1. The fraction of sp³-hybridized carbons (Fsp3) is 0.318. The summed E-state index contributed by atoms with van der Waals surface area (Å²) < 4.78 is 4.86. The van der Waals surface area contributed by atoms with Crippen LogP contribution in [0, 0.1) is 0 Å². The Morgan fingerprint density at radius 2 is 1.81 bits per heavy atom. The number of carbonyl (C=O) groups excluding carboxylic acids is 2. The molecule has 2 heterocycles. The number of hydrogen-bond acceptors (Lipinski definition) is 5. The number of amides is 2. The van der Waals surface area contributed by atoms with Gasteiger partial charge in [-0.3, -0.25) is 14.6 Å². The van der Waals surface area contributed by atoms with Gasteiger partial charge in [0.25, 0.3) is 0 Å². The molecule has 0 unspecified atom stereocenters. The monoisotopic (exact) mass is 446 g/mol. The van der Waals surface area contributed by atoms with Crippen molar-refractivity contribution in [3.8, 4) is 0 Å². The topological polar surface area (TPSA) is 98.6 Å². The summed E-state index contributed by atoms with van der Waals surface area (Å²) in [6.07, 6.45) is 5.96. The van der Waals surface area contributed by atoms with E-state index < -0.39 is 5.76 Å². The number of benzene rings is 1. The van der Waals surface area contributed by atoms with Crippen LogP contribution in [0.3, 0.4) is 0 Å². The zero-order chi connectivity index (χ0) is 22.8. The first kappa shape index (κ1) is 24.0. The van der Waals surface area contributed by atoms with E-state index in [-0.39, 0.29) is 5.91 Å². The van der Waals surface area contributed by atoms with Crippen LogP contribution in [0.2, 0.25) is 5.02 Å². The van der Waals surface area contributed by atoms with Gasteiger partial charge >= 0.3 is 5.76 Å². The molecule has 8 nitrogen and oxygen atoms in total. The highest BCUT2D eigenvalue weighted by Crippen LogP contribution is 2.18. The molecule has 1 fully saturated rings. The number of aromatic nitrogens is 1. The molecule has 0 saturated carbocycles. The maximum absolute atomic E-state index is 10.9. The molecule has 9 heteroatoms. The maximum atomic E-state index is 10.9. The van der Waals surface area contributed by atoms with Gasteiger partial charge in [0.1, 0.15) is 0 Å². The van der Waals surface area contributed by atoms with E-state index in [0.29, 0.717) is 16.5 Å². The van der Waals surface area contributed by atoms with Crippen molar-refractivity contribution >= 4 is 41.8 Å². The third kappa shape index (κ3) is 7.82. The van der Waals surface area contributed by atoms with Gasteiger partial charge in [0.2, 0.25) is 12.3 Å². The quantitative estimate of drug-likeness (QED) is 0.688. The lowest BCUT2D eigenvalue weighted by molar-refractivity contribution is -0.119. The Hall–Kier alpha value is -3.26. The molecule has 2 amide bonds. The van der Waals surface area contributed by atoms with Crippen LogP contribution in [0.1, 0.15) is 20.8 Å².